The number of fused-ring (bicyclic) bond motifs is 2. The highest BCUT2D eigenvalue weighted by molar-refractivity contribution is 6.10. The maximum absolute atomic E-state index is 5.12. The van der Waals surface area contributed by atoms with Gasteiger partial charge >= 0.3 is 0 Å². The molecule has 0 aliphatic carbocycles. The molecule has 3 aromatic carbocycles. The smallest absolute Gasteiger partial charge is 0.240 e. The second-order valence-corrected chi connectivity index (χ2v) is 11.2. The molecule has 0 fully saturated rings. The van der Waals surface area contributed by atoms with Crippen molar-refractivity contribution in [2.75, 3.05) is 27.5 Å². The third-order valence-corrected chi connectivity index (χ3v) is 8.63. The summed E-state index contributed by atoms with van der Waals surface area (Å²) in [6.07, 6.45) is 11.2. The zero-order valence-electron chi connectivity index (χ0n) is 23.7. The summed E-state index contributed by atoms with van der Waals surface area (Å²) in [6.45, 7) is 0.565. The molecule has 5 aromatic heterocycles. The van der Waals surface area contributed by atoms with Crippen molar-refractivity contribution in [1.29, 1.82) is 0 Å². The number of aromatic amines is 2. The highest BCUT2D eigenvalue weighted by Gasteiger charge is 2.32. The summed E-state index contributed by atoms with van der Waals surface area (Å²) < 4.78 is 1.96. The Morgan fingerprint density at radius 2 is 1.53 bits per heavy atom. The van der Waals surface area contributed by atoms with E-state index in [0.717, 1.165) is 73.2 Å². The molecule has 8 aromatic rings. The van der Waals surface area contributed by atoms with E-state index in [9.17, 15) is 0 Å². The van der Waals surface area contributed by atoms with Gasteiger partial charge in [0.1, 0.15) is 12.1 Å². The van der Waals surface area contributed by atoms with Crippen LogP contribution in [0.2, 0.25) is 0 Å². The van der Waals surface area contributed by atoms with Crippen LogP contribution in [0.3, 0.4) is 0 Å². The fourth-order valence-electron chi connectivity index (χ4n) is 6.71. The highest BCUT2D eigenvalue weighted by atomic mass is 15.3. The third kappa shape index (κ3) is 3.50. The highest BCUT2D eigenvalue weighted by Crippen LogP contribution is 2.48. The van der Waals surface area contributed by atoms with Crippen molar-refractivity contribution >= 4 is 79.7 Å². The third-order valence-electron chi connectivity index (χ3n) is 8.63. The number of para-hydroxylation sites is 1. The number of H-pyrrole nitrogens is 2. The Hall–Kier alpha value is -6.43. The Kier molecular flexibility index (Phi) is 4.83. The van der Waals surface area contributed by atoms with Gasteiger partial charge < -0.3 is 30.8 Å². The molecule has 10 rings (SSSR count). The van der Waals surface area contributed by atoms with Gasteiger partial charge in [0.25, 0.3) is 0 Å². The fourth-order valence-corrected chi connectivity index (χ4v) is 6.71. The standard InChI is InChI=1S/C33H24N12/c1-3-23-27(24(4-1)40-18-9-11-34-13-18)22(15-36-23)28-20-7-8-21-29(20)45-32(42-28)37-16-38-33(45)43-31(21)44-17-39-25-5-2-6-26(30(25)44)41-19-10-12-35-14-19/h1-16,22,34-35,39-41H,17H2. The van der Waals surface area contributed by atoms with Crippen LogP contribution < -0.4 is 20.9 Å². The molecule has 0 radical (unpaired) electrons. The molecule has 0 saturated carbocycles. The zero-order chi connectivity index (χ0) is 29.5. The van der Waals surface area contributed by atoms with Gasteiger partial charge in [0.05, 0.1) is 57.9 Å². The van der Waals surface area contributed by atoms with Crippen LogP contribution in [0.15, 0.2) is 96.8 Å². The van der Waals surface area contributed by atoms with Crippen molar-refractivity contribution < 1.29 is 0 Å². The molecule has 216 valence electrons. The molecule has 0 bridgehead atoms. The van der Waals surface area contributed by atoms with Gasteiger partial charge in [-0.2, -0.15) is 4.98 Å². The molecule has 2 aliphatic rings. The molecule has 1 atom stereocenters. The van der Waals surface area contributed by atoms with E-state index >= 15 is 0 Å². The minimum atomic E-state index is -0.171. The van der Waals surface area contributed by atoms with Crippen molar-refractivity contribution in [3.63, 3.8) is 0 Å². The topological polar surface area (TPSA) is 139 Å². The summed E-state index contributed by atoms with van der Waals surface area (Å²) in [5, 5.41) is 12.7. The van der Waals surface area contributed by atoms with E-state index in [0.29, 0.717) is 18.2 Å². The molecule has 1 unspecified atom stereocenters. The first kappa shape index (κ1) is 24.1. The number of rotatable bonds is 6. The predicted molar refractivity (Wildman–Crippen MR) is 176 cm³/mol. The lowest BCUT2D eigenvalue weighted by Crippen LogP contribution is -2.20. The minimum Gasteiger partial charge on any atom is -0.366 e. The second kappa shape index (κ2) is 9.04. The first-order valence-corrected chi connectivity index (χ1v) is 14.7. The van der Waals surface area contributed by atoms with Gasteiger partial charge in [-0.1, -0.05) is 18.2 Å². The molecule has 12 heteroatoms. The number of nitrogens with zero attached hydrogens (tertiary/aromatic N) is 7. The molecule has 0 amide bonds. The van der Waals surface area contributed by atoms with Crippen molar-refractivity contribution in [2.24, 2.45) is 4.99 Å². The fraction of sp³-hybridized carbons (Fsp3) is 0.0606. The van der Waals surface area contributed by atoms with E-state index in [1.54, 1.807) is 0 Å². The Morgan fingerprint density at radius 1 is 0.778 bits per heavy atom. The van der Waals surface area contributed by atoms with Crippen LogP contribution in [0.1, 0.15) is 17.2 Å². The predicted octanol–water partition coefficient (Wildman–Crippen LogP) is 6.78. The molecule has 7 heterocycles. The van der Waals surface area contributed by atoms with Crippen molar-refractivity contribution in [1.82, 2.24) is 34.3 Å². The molecular weight excluding hydrogens is 564 g/mol. The van der Waals surface area contributed by atoms with Gasteiger partial charge in [-0.25, -0.2) is 19.4 Å². The molecule has 0 saturated heterocycles. The van der Waals surface area contributed by atoms with E-state index in [1.165, 1.54) is 6.33 Å². The number of anilines is 7. The quantitative estimate of drug-likeness (QED) is 0.143. The van der Waals surface area contributed by atoms with Gasteiger partial charge in [0.15, 0.2) is 0 Å². The van der Waals surface area contributed by atoms with Gasteiger partial charge in [0, 0.05) is 53.0 Å². The van der Waals surface area contributed by atoms with E-state index < -0.39 is 0 Å². The zero-order valence-corrected chi connectivity index (χ0v) is 23.7. The van der Waals surface area contributed by atoms with E-state index in [4.69, 9.17) is 15.0 Å². The lowest BCUT2D eigenvalue weighted by Gasteiger charge is -2.23. The largest absolute Gasteiger partial charge is 0.366 e. The number of aromatic nitrogens is 7. The summed E-state index contributed by atoms with van der Waals surface area (Å²) >= 11 is 0. The van der Waals surface area contributed by atoms with Crippen LogP contribution in [0, 0.1) is 0 Å². The van der Waals surface area contributed by atoms with Crippen molar-refractivity contribution in [3.05, 3.63) is 103 Å². The summed E-state index contributed by atoms with van der Waals surface area (Å²) in [7, 11) is 0. The molecular formula is C33H24N12. The molecule has 12 nitrogen and oxygen atoms in total. The van der Waals surface area contributed by atoms with Crippen LogP contribution in [-0.4, -0.2) is 47.2 Å². The van der Waals surface area contributed by atoms with Crippen LogP contribution in [-0.2, 0) is 0 Å². The Bertz CT molecular complexity index is 2400. The first-order chi connectivity index (χ1) is 22.3. The van der Waals surface area contributed by atoms with E-state index in [-0.39, 0.29) is 5.92 Å². The van der Waals surface area contributed by atoms with Gasteiger partial charge in [-0.15, -0.1) is 0 Å². The first-order valence-electron chi connectivity index (χ1n) is 14.7. The molecule has 0 spiro atoms. The van der Waals surface area contributed by atoms with Crippen LogP contribution >= 0.6 is 0 Å². The molecule has 5 N–H and O–H groups in total. The normalized spacial score (nSPS) is 15.3. The number of hydrogen-bond donors (Lipinski definition) is 5. The Morgan fingerprint density at radius 3 is 2.36 bits per heavy atom. The number of hydrogen-bond acceptors (Lipinski definition) is 9. The maximum atomic E-state index is 5.12. The summed E-state index contributed by atoms with van der Waals surface area (Å²) in [5.41, 5.74) is 9.87. The van der Waals surface area contributed by atoms with Crippen LogP contribution in [0.4, 0.5) is 45.6 Å². The Balaban J connectivity index is 1.16. The molecule has 45 heavy (non-hydrogen) atoms. The van der Waals surface area contributed by atoms with E-state index in [1.807, 2.05) is 65.7 Å². The van der Waals surface area contributed by atoms with Gasteiger partial charge in [0.2, 0.25) is 11.6 Å². The second-order valence-electron chi connectivity index (χ2n) is 11.2. The van der Waals surface area contributed by atoms with E-state index in [2.05, 4.69) is 71.1 Å². The summed E-state index contributed by atoms with van der Waals surface area (Å²) in [6, 6.07) is 20.7. The SMILES string of the molecule is C1=Nc2cccc(Nc3cc[nH]c3)c2C1c1nc2ncnc3nc(N4CNc5cccc(Nc6cc[nH]c6)c54)c4ccc1c4n23. The number of nitrogens with one attached hydrogen (secondary N) is 5. The summed E-state index contributed by atoms with van der Waals surface area (Å²) in [5.74, 6) is 1.73. The van der Waals surface area contributed by atoms with Crippen LogP contribution in [0.5, 0.6) is 0 Å². The molecule has 2 aliphatic heterocycles. The van der Waals surface area contributed by atoms with Crippen molar-refractivity contribution in [3.8, 4) is 0 Å². The minimum absolute atomic E-state index is 0.171. The summed E-state index contributed by atoms with van der Waals surface area (Å²) in [4.78, 5) is 32.7. The Labute approximate surface area is 255 Å². The maximum Gasteiger partial charge on any atom is 0.240 e. The lowest BCUT2D eigenvalue weighted by atomic mass is 9.93. The number of aliphatic imine (C=N–C) groups is 1. The lowest BCUT2D eigenvalue weighted by molar-refractivity contribution is 0.966. The van der Waals surface area contributed by atoms with Crippen LogP contribution in [0.25, 0.3) is 27.8 Å². The average molecular weight is 589 g/mol. The monoisotopic (exact) mass is 588 g/mol. The van der Waals surface area contributed by atoms with Gasteiger partial charge in [-0.3, -0.25) is 4.99 Å². The van der Waals surface area contributed by atoms with Crippen molar-refractivity contribution in [2.45, 2.75) is 5.92 Å². The van der Waals surface area contributed by atoms with Gasteiger partial charge in [-0.05, 0) is 42.5 Å². The average Bonchev–Trinajstić information content (AvgIpc) is 3.91. The number of benzene rings is 2.